The van der Waals surface area contributed by atoms with Gasteiger partial charge in [-0.1, -0.05) is 105 Å². The van der Waals surface area contributed by atoms with Crippen molar-refractivity contribution in [3.05, 3.63) is 83.9 Å². The first kappa shape index (κ1) is 25.2. The molecule has 1 N–H and O–H groups in total. The van der Waals surface area contributed by atoms with Gasteiger partial charge in [0.2, 0.25) is 0 Å². The lowest BCUT2D eigenvalue weighted by Gasteiger charge is -2.41. The average Bonchev–Trinajstić information content (AvgIpc) is 2.88. The van der Waals surface area contributed by atoms with Gasteiger partial charge in [0.05, 0.1) is 13.1 Å². The van der Waals surface area contributed by atoms with E-state index in [0.717, 1.165) is 42.5 Å². The molecule has 2 aromatic rings. The SMILES string of the molecule is C(=C\C[N+](Cc1ccccc1)(Cc1ccccc1)CC1CCCCC1)/CNCC1CCCCC1. The topological polar surface area (TPSA) is 12.0 Å². The molecule has 0 aliphatic heterocycles. The highest BCUT2D eigenvalue weighted by molar-refractivity contribution is 5.15. The number of nitrogens with one attached hydrogen (secondary N) is 1. The smallest absolute Gasteiger partial charge is 0.105 e. The minimum absolute atomic E-state index is 0.860. The second-order valence-corrected chi connectivity index (χ2v) is 11.1. The van der Waals surface area contributed by atoms with E-state index < -0.39 is 0 Å². The molecule has 2 nitrogen and oxygen atoms in total. The maximum Gasteiger partial charge on any atom is 0.105 e. The van der Waals surface area contributed by atoms with Crippen LogP contribution in [0.2, 0.25) is 0 Å². The summed E-state index contributed by atoms with van der Waals surface area (Å²) < 4.78 is 1.14. The van der Waals surface area contributed by atoms with Crippen LogP contribution in [0.25, 0.3) is 0 Å². The van der Waals surface area contributed by atoms with Crippen molar-refractivity contribution in [1.29, 1.82) is 0 Å². The van der Waals surface area contributed by atoms with Gasteiger partial charge in [-0.05, 0) is 44.2 Å². The van der Waals surface area contributed by atoms with Crippen LogP contribution in [0.3, 0.4) is 0 Å². The average molecular weight is 460 g/mol. The third kappa shape index (κ3) is 8.40. The zero-order chi connectivity index (χ0) is 23.3. The minimum atomic E-state index is 0.860. The molecule has 2 fully saturated rings. The molecular weight excluding hydrogens is 412 g/mol. The fraction of sp³-hybridized carbons (Fsp3) is 0.562. The Morgan fingerprint density at radius 3 is 1.74 bits per heavy atom. The molecule has 34 heavy (non-hydrogen) atoms. The monoisotopic (exact) mass is 459 g/mol. The summed E-state index contributed by atoms with van der Waals surface area (Å²) in [7, 11) is 0. The molecule has 2 aliphatic carbocycles. The van der Waals surface area contributed by atoms with Gasteiger partial charge in [0.1, 0.15) is 13.1 Å². The molecule has 0 atom stereocenters. The first-order chi connectivity index (χ1) is 16.8. The van der Waals surface area contributed by atoms with Gasteiger partial charge in [-0.25, -0.2) is 0 Å². The predicted molar refractivity (Wildman–Crippen MR) is 145 cm³/mol. The van der Waals surface area contributed by atoms with E-state index in [1.807, 2.05) is 0 Å². The summed E-state index contributed by atoms with van der Waals surface area (Å²) in [6, 6.07) is 22.4. The van der Waals surface area contributed by atoms with E-state index >= 15 is 0 Å². The van der Waals surface area contributed by atoms with Gasteiger partial charge in [0.15, 0.2) is 0 Å². The molecule has 0 amide bonds. The number of benzene rings is 2. The van der Waals surface area contributed by atoms with Crippen molar-refractivity contribution >= 4 is 0 Å². The Hall–Kier alpha value is -1.90. The number of nitrogens with zero attached hydrogens (tertiary/aromatic N) is 1. The van der Waals surface area contributed by atoms with Gasteiger partial charge in [0, 0.05) is 23.6 Å². The van der Waals surface area contributed by atoms with Crippen molar-refractivity contribution in [1.82, 2.24) is 5.32 Å². The molecule has 0 saturated heterocycles. The van der Waals surface area contributed by atoms with Crippen LogP contribution in [0.4, 0.5) is 0 Å². The highest BCUT2D eigenvalue weighted by Crippen LogP contribution is 2.30. The van der Waals surface area contributed by atoms with Crippen LogP contribution < -0.4 is 5.32 Å². The Bertz CT molecular complexity index is 775. The molecule has 2 aromatic carbocycles. The Labute approximate surface area is 209 Å². The molecule has 2 saturated carbocycles. The van der Waals surface area contributed by atoms with E-state index in [0.29, 0.717) is 0 Å². The van der Waals surface area contributed by atoms with E-state index in [2.05, 4.69) is 78.1 Å². The van der Waals surface area contributed by atoms with Gasteiger partial charge >= 0.3 is 0 Å². The predicted octanol–water partition coefficient (Wildman–Crippen LogP) is 7.51. The molecule has 0 unspecified atom stereocenters. The van der Waals surface area contributed by atoms with Crippen LogP contribution in [0, 0.1) is 11.8 Å². The first-order valence-electron chi connectivity index (χ1n) is 14.1. The van der Waals surface area contributed by atoms with Crippen LogP contribution in [-0.2, 0) is 13.1 Å². The van der Waals surface area contributed by atoms with Crippen LogP contribution in [0.15, 0.2) is 72.8 Å². The zero-order valence-corrected chi connectivity index (χ0v) is 21.3. The molecule has 0 bridgehead atoms. The van der Waals surface area contributed by atoms with Crippen molar-refractivity contribution < 1.29 is 4.48 Å². The van der Waals surface area contributed by atoms with E-state index in [4.69, 9.17) is 0 Å². The van der Waals surface area contributed by atoms with Crippen molar-refractivity contribution in [2.24, 2.45) is 11.8 Å². The van der Waals surface area contributed by atoms with Crippen molar-refractivity contribution in [2.45, 2.75) is 77.3 Å². The van der Waals surface area contributed by atoms with Gasteiger partial charge in [-0.2, -0.15) is 0 Å². The number of hydrogen-bond acceptors (Lipinski definition) is 1. The lowest BCUT2D eigenvalue weighted by atomic mass is 9.88. The largest absolute Gasteiger partial charge is 0.313 e. The summed E-state index contributed by atoms with van der Waals surface area (Å²) in [5.41, 5.74) is 2.94. The maximum atomic E-state index is 3.73. The Morgan fingerprint density at radius 2 is 1.18 bits per heavy atom. The van der Waals surface area contributed by atoms with E-state index in [1.165, 1.54) is 88.4 Å². The quantitative estimate of drug-likeness (QED) is 0.197. The van der Waals surface area contributed by atoms with Crippen molar-refractivity contribution in [2.75, 3.05) is 26.2 Å². The number of hydrogen-bond donors (Lipinski definition) is 1. The van der Waals surface area contributed by atoms with Gasteiger partial charge in [0.25, 0.3) is 0 Å². The molecule has 0 spiro atoms. The van der Waals surface area contributed by atoms with Crippen molar-refractivity contribution in [3.63, 3.8) is 0 Å². The third-order valence-electron chi connectivity index (χ3n) is 8.17. The lowest BCUT2D eigenvalue weighted by molar-refractivity contribution is -0.951. The normalized spacial score (nSPS) is 18.5. The summed E-state index contributed by atoms with van der Waals surface area (Å²) in [6.45, 7) is 6.85. The standard InChI is InChI=1S/C32H47N2/c1-5-15-29(16-6-1)25-33-23-13-14-24-34(26-30-17-7-2-8-18-30,27-31-19-9-3-10-20-31)28-32-21-11-4-12-22-32/h2-3,7-10,13-14,17-20,29,32-33H,1,4-6,11-12,15-16,21-28H2/q+1/b14-13+. The molecule has 4 rings (SSSR count). The lowest BCUT2D eigenvalue weighted by Crippen LogP contribution is -2.50. The Morgan fingerprint density at radius 1 is 0.647 bits per heavy atom. The summed E-state index contributed by atoms with van der Waals surface area (Å²) >= 11 is 0. The fourth-order valence-electron chi connectivity index (χ4n) is 6.39. The second-order valence-electron chi connectivity index (χ2n) is 11.1. The van der Waals surface area contributed by atoms with Gasteiger partial charge in [-0.3, -0.25) is 0 Å². The maximum absolute atomic E-state index is 3.73. The minimum Gasteiger partial charge on any atom is -0.313 e. The highest BCUT2D eigenvalue weighted by Gasteiger charge is 2.31. The Kier molecular flexibility index (Phi) is 10.3. The fourth-order valence-corrected chi connectivity index (χ4v) is 6.39. The van der Waals surface area contributed by atoms with Crippen LogP contribution in [0.5, 0.6) is 0 Å². The van der Waals surface area contributed by atoms with Gasteiger partial charge in [-0.15, -0.1) is 0 Å². The van der Waals surface area contributed by atoms with E-state index in [9.17, 15) is 0 Å². The molecule has 0 aromatic heterocycles. The second kappa shape index (κ2) is 13.9. The molecule has 184 valence electrons. The molecule has 0 radical (unpaired) electrons. The molecule has 2 aliphatic rings. The zero-order valence-electron chi connectivity index (χ0n) is 21.3. The summed E-state index contributed by atoms with van der Waals surface area (Å²) in [5, 5.41) is 3.73. The third-order valence-corrected chi connectivity index (χ3v) is 8.17. The first-order valence-corrected chi connectivity index (χ1v) is 14.1. The number of rotatable bonds is 12. The highest BCUT2D eigenvalue weighted by atomic mass is 15.3. The van der Waals surface area contributed by atoms with E-state index in [1.54, 1.807) is 0 Å². The van der Waals surface area contributed by atoms with Crippen LogP contribution in [0.1, 0.15) is 75.3 Å². The molecule has 0 heterocycles. The van der Waals surface area contributed by atoms with Crippen molar-refractivity contribution in [3.8, 4) is 0 Å². The Balaban J connectivity index is 1.45. The summed E-state index contributed by atoms with van der Waals surface area (Å²) in [5.74, 6) is 1.76. The molecule has 2 heteroatoms. The van der Waals surface area contributed by atoms with E-state index in [-0.39, 0.29) is 0 Å². The molecular formula is C32H47N2+. The number of quaternary nitrogens is 1. The van der Waals surface area contributed by atoms with Gasteiger partial charge < -0.3 is 9.80 Å². The van der Waals surface area contributed by atoms with Crippen LogP contribution in [-0.4, -0.2) is 30.7 Å². The summed E-state index contributed by atoms with van der Waals surface area (Å²) in [6.07, 6.45) is 19.1. The summed E-state index contributed by atoms with van der Waals surface area (Å²) in [4.78, 5) is 0. The van der Waals surface area contributed by atoms with Crippen LogP contribution >= 0.6 is 0 Å².